The molecule has 0 spiro atoms. The van der Waals surface area contributed by atoms with Gasteiger partial charge in [0.1, 0.15) is 4.34 Å². The monoisotopic (exact) mass is 358 g/mol. The molecule has 0 fully saturated rings. The molecule has 0 aliphatic rings. The first-order valence-corrected chi connectivity index (χ1v) is 9.04. The number of carbonyl (C=O) groups is 1. The Kier molecular flexibility index (Phi) is 5.42. The Bertz CT molecular complexity index is 639. The van der Waals surface area contributed by atoms with Gasteiger partial charge in [-0.1, -0.05) is 56.1 Å². The van der Waals surface area contributed by atoms with Gasteiger partial charge < -0.3 is 0 Å². The number of Topliss-reactive ketones (excluding diaryl/α,β-unsaturated/α-hetero) is 1. The summed E-state index contributed by atoms with van der Waals surface area (Å²) in [6, 6.07) is 9.98. The van der Waals surface area contributed by atoms with Crippen molar-refractivity contribution in [1.29, 1.82) is 0 Å². The fourth-order valence-electron chi connectivity index (χ4n) is 1.81. The first kappa shape index (κ1) is 16.9. The quantitative estimate of drug-likeness (QED) is 0.469. The van der Waals surface area contributed by atoms with Crippen molar-refractivity contribution in [3.8, 4) is 0 Å². The Morgan fingerprint density at radius 3 is 2.29 bits per heavy atom. The zero-order chi connectivity index (χ0) is 15.6. The number of hydrogen-bond acceptors (Lipinski definition) is 3. The molecule has 0 N–H and O–H groups in total. The van der Waals surface area contributed by atoms with Crippen molar-refractivity contribution >= 4 is 52.1 Å². The highest BCUT2D eigenvalue weighted by atomic mass is 35.5. The van der Waals surface area contributed by atoms with Crippen LogP contribution in [-0.4, -0.2) is 11.5 Å². The fraction of sp³-hybridized carbons (Fsp3) is 0.312. The maximum absolute atomic E-state index is 12.1. The summed E-state index contributed by atoms with van der Waals surface area (Å²) >= 11 is 14.6. The van der Waals surface area contributed by atoms with Gasteiger partial charge >= 0.3 is 0 Å². The van der Waals surface area contributed by atoms with Crippen LogP contribution in [0.25, 0.3) is 0 Å². The Labute approximate surface area is 143 Å². The second-order valence-corrected chi connectivity index (χ2v) is 9.06. The molecule has 2 rings (SSSR count). The molecule has 1 heterocycles. The van der Waals surface area contributed by atoms with E-state index in [1.165, 1.54) is 28.7 Å². The van der Waals surface area contributed by atoms with E-state index in [9.17, 15) is 4.79 Å². The van der Waals surface area contributed by atoms with Crippen LogP contribution < -0.4 is 0 Å². The molecule has 1 nitrogen and oxygen atoms in total. The Hall–Kier alpha value is -0.480. The van der Waals surface area contributed by atoms with E-state index in [1.54, 1.807) is 6.07 Å². The number of thiophene rings is 1. The van der Waals surface area contributed by atoms with Gasteiger partial charge in [0.05, 0.1) is 10.1 Å². The van der Waals surface area contributed by atoms with Crippen molar-refractivity contribution in [2.45, 2.75) is 31.1 Å². The zero-order valence-corrected chi connectivity index (χ0v) is 15.2. The van der Waals surface area contributed by atoms with Crippen molar-refractivity contribution in [3.63, 3.8) is 0 Å². The molecule has 2 aromatic rings. The van der Waals surface area contributed by atoms with Crippen molar-refractivity contribution in [1.82, 2.24) is 0 Å². The van der Waals surface area contributed by atoms with Crippen LogP contribution in [0.3, 0.4) is 0 Å². The summed E-state index contributed by atoms with van der Waals surface area (Å²) < 4.78 is 1.01. The number of halogens is 2. The molecule has 0 bridgehead atoms. The average molecular weight is 359 g/mol. The van der Waals surface area contributed by atoms with Gasteiger partial charge in [0, 0.05) is 10.5 Å². The molecule has 0 aliphatic heterocycles. The van der Waals surface area contributed by atoms with Crippen LogP contribution in [0.4, 0.5) is 0 Å². The molecular formula is C16H16Cl2OS2. The van der Waals surface area contributed by atoms with E-state index in [0.717, 1.165) is 4.90 Å². The molecule has 0 aliphatic carbocycles. The summed E-state index contributed by atoms with van der Waals surface area (Å²) in [6.45, 7) is 6.54. The van der Waals surface area contributed by atoms with Crippen LogP contribution in [0.15, 0.2) is 35.2 Å². The van der Waals surface area contributed by atoms with Crippen LogP contribution in [0.1, 0.15) is 36.7 Å². The molecule has 1 aromatic heterocycles. The third kappa shape index (κ3) is 4.49. The lowest BCUT2D eigenvalue weighted by Crippen LogP contribution is -2.10. The maximum Gasteiger partial charge on any atom is 0.175 e. The van der Waals surface area contributed by atoms with E-state index in [2.05, 4.69) is 45.0 Å². The standard InChI is InChI=1S/C16H16Cl2OS2/c1-16(2,3)10-4-6-11(7-5-10)20-9-13(19)12-8-14(17)21-15(12)18/h4-8H,9H2,1-3H3. The molecule has 1 aromatic carbocycles. The van der Waals surface area contributed by atoms with Gasteiger partial charge in [-0.25, -0.2) is 0 Å². The minimum absolute atomic E-state index is 0.00745. The van der Waals surface area contributed by atoms with Crippen molar-refractivity contribution in [2.24, 2.45) is 0 Å². The summed E-state index contributed by atoms with van der Waals surface area (Å²) in [5.41, 5.74) is 1.94. The first-order chi connectivity index (χ1) is 9.77. The number of ketones is 1. The van der Waals surface area contributed by atoms with Gasteiger partial charge in [0.2, 0.25) is 0 Å². The molecule has 112 valence electrons. The van der Waals surface area contributed by atoms with Gasteiger partial charge in [0.15, 0.2) is 5.78 Å². The van der Waals surface area contributed by atoms with Gasteiger partial charge in [-0.3, -0.25) is 4.79 Å². The lowest BCUT2D eigenvalue weighted by molar-refractivity contribution is 0.102. The molecule has 21 heavy (non-hydrogen) atoms. The summed E-state index contributed by atoms with van der Waals surface area (Å²) in [7, 11) is 0. The van der Waals surface area contributed by atoms with Crippen LogP contribution in [-0.2, 0) is 5.41 Å². The first-order valence-electron chi connectivity index (χ1n) is 6.49. The normalized spacial score (nSPS) is 11.7. The highest BCUT2D eigenvalue weighted by Gasteiger charge is 2.15. The van der Waals surface area contributed by atoms with Crippen LogP contribution in [0.2, 0.25) is 8.67 Å². The second-order valence-electron chi connectivity index (χ2n) is 5.72. The van der Waals surface area contributed by atoms with Crippen LogP contribution in [0, 0.1) is 0 Å². The highest BCUT2D eigenvalue weighted by molar-refractivity contribution is 8.00. The third-order valence-electron chi connectivity index (χ3n) is 3.05. The van der Waals surface area contributed by atoms with Crippen molar-refractivity contribution < 1.29 is 4.79 Å². The van der Waals surface area contributed by atoms with Gasteiger partial charge in [0.25, 0.3) is 0 Å². The van der Waals surface area contributed by atoms with E-state index < -0.39 is 0 Å². The smallest absolute Gasteiger partial charge is 0.175 e. The molecular weight excluding hydrogens is 343 g/mol. The Morgan fingerprint density at radius 2 is 1.81 bits per heavy atom. The van der Waals surface area contributed by atoms with Gasteiger partial charge in [-0.05, 0) is 29.2 Å². The Morgan fingerprint density at radius 1 is 1.19 bits per heavy atom. The summed E-state index contributed by atoms with van der Waals surface area (Å²) in [5, 5.41) is 0. The highest BCUT2D eigenvalue weighted by Crippen LogP contribution is 2.33. The summed E-state index contributed by atoms with van der Waals surface area (Å²) in [5.74, 6) is 0.370. The predicted octanol–water partition coefficient (Wildman–Crippen LogP) is 6.33. The topological polar surface area (TPSA) is 17.1 Å². The number of thioether (sulfide) groups is 1. The lowest BCUT2D eigenvalue weighted by atomic mass is 9.87. The molecule has 0 amide bonds. The third-order valence-corrected chi connectivity index (χ3v) is 5.55. The number of rotatable bonds is 4. The minimum Gasteiger partial charge on any atom is -0.293 e. The summed E-state index contributed by atoms with van der Waals surface area (Å²) in [6.07, 6.45) is 0. The van der Waals surface area contributed by atoms with Crippen molar-refractivity contribution in [2.75, 3.05) is 5.75 Å². The van der Waals surface area contributed by atoms with E-state index >= 15 is 0 Å². The van der Waals surface area contributed by atoms with E-state index in [0.29, 0.717) is 20.0 Å². The number of carbonyl (C=O) groups excluding carboxylic acids is 1. The van der Waals surface area contributed by atoms with Crippen molar-refractivity contribution in [3.05, 3.63) is 50.1 Å². The lowest BCUT2D eigenvalue weighted by Gasteiger charge is -2.19. The molecule has 0 saturated heterocycles. The molecule has 0 unspecified atom stereocenters. The maximum atomic E-state index is 12.1. The van der Waals surface area contributed by atoms with Gasteiger partial charge in [-0.2, -0.15) is 0 Å². The number of benzene rings is 1. The predicted molar refractivity (Wildman–Crippen MR) is 94.5 cm³/mol. The van der Waals surface area contributed by atoms with E-state index in [1.807, 2.05) is 0 Å². The molecule has 5 heteroatoms. The number of hydrogen-bond donors (Lipinski definition) is 0. The Balaban J connectivity index is 2.00. The largest absolute Gasteiger partial charge is 0.293 e. The zero-order valence-electron chi connectivity index (χ0n) is 12.1. The summed E-state index contributed by atoms with van der Waals surface area (Å²) in [4.78, 5) is 13.2. The van der Waals surface area contributed by atoms with E-state index in [-0.39, 0.29) is 11.2 Å². The second kappa shape index (κ2) is 6.74. The van der Waals surface area contributed by atoms with Gasteiger partial charge in [-0.15, -0.1) is 23.1 Å². The molecule has 0 radical (unpaired) electrons. The fourth-order valence-corrected chi connectivity index (χ4v) is 4.09. The van der Waals surface area contributed by atoms with E-state index in [4.69, 9.17) is 23.2 Å². The average Bonchev–Trinajstić information content (AvgIpc) is 2.74. The molecule has 0 atom stereocenters. The minimum atomic E-state index is 0.00745. The van der Waals surface area contributed by atoms with Crippen LogP contribution in [0.5, 0.6) is 0 Å². The molecule has 0 saturated carbocycles. The van der Waals surface area contributed by atoms with Crippen LogP contribution >= 0.6 is 46.3 Å². The SMILES string of the molecule is CC(C)(C)c1ccc(SCC(=O)c2cc(Cl)sc2Cl)cc1.